The van der Waals surface area contributed by atoms with Gasteiger partial charge in [-0.3, -0.25) is 4.79 Å². The Balaban J connectivity index is 2.12. The minimum atomic E-state index is -1.18. The van der Waals surface area contributed by atoms with Crippen LogP contribution < -0.4 is 0 Å². The highest BCUT2D eigenvalue weighted by Crippen LogP contribution is 2.02. The lowest BCUT2D eigenvalue weighted by Gasteiger charge is -2.04. The summed E-state index contributed by atoms with van der Waals surface area (Å²) >= 11 is 0. The van der Waals surface area contributed by atoms with Crippen LogP contribution in [-0.4, -0.2) is 29.9 Å². The highest BCUT2D eigenvalue weighted by molar-refractivity contribution is 5.81. The van der Waals surface area contributed by atoms with Gasteiger partial charge >= 0.3 is 0 Å². The smallest absolute Gasteiger partial charge is 0.148 e. The SMILES string of the molecule is O=CC(O)CC(=O)CCOCc1ccccc1. The Morgan fingerprint density at radius 2 is 2.06 bits per heavy atom. The number of aliphatic hydroxyl groups excluding tert-OH is 1. The van der Waals surface area contributed by atoms with Gasteiger partial charge in [0.05, 0.1) is 13.2 Å². The van der Waals surface area contributed by atoms with E-state index in [9.17, 15) is 9.59 Å². The number of hydrogen-bond acceptors (Lipinski definition) is 4. The largest absolute Gasteiger partial charge is 0.385 e. The maximum absolute atomic E-state index is 11.2. The van der Waals surface area contributed by atoms with Crippen molar-refractivity contribution in [2.45, 2.75) is 25.6 Å². The molecule has 0 aliphatic rings. The number of carbonyl (C=O) groups is 2. The molecule has 0 aliphatic carbocycles. The molecule has 0 bridgehead atoms. The van der Waals surface area contributed by atoms with Crippen molar-refractivity contribution in [3.63, 3.8) is 0 Å². The molecule has 0 aromatic heterocycles. The van der Waals surface area contributed by atoms with Crippen LogP contribution in [0.15, 0.2) is 30.3 Å². The number of aldehydes is 1. The fourth-order valence-corrected chi connectivity index (χ4v) is 1.33. The van der Waals surface area contributed by atoms with Gasteiger partial charge in [0.1, 0.15) is 18.2 Å². The number of benzene rings is 1. The van der Waals surface area contributed by atoms with E-state index in [-0.39, 0.29) is 18.6 Å². The molecule has 1 atom stereocenters. The first-order chi connectivity index (χ1) is 8.22. The third-order valence-corrected chi connectivity index (χ3v) is 2.23. The summed E-state index contributed by atoms with van der Waals surface area (Å²) in [5, 5.41) is 8.93. The molecule has 0 saturated heterocycles. The van der Waals surface area contributed by atoms with E-state index in [1.165, 1.54) is 0 Å². The standard InChI is InChI=1S/C13H16O4/c14-9-13(16)8-12(15)6-7-17-10-11-4-2-1-3-5-11/h1-5,9,13,16H,6-8,10H2. The molecule has 92 valence electrons. The van der Waals surface area contributed by atoms with Crippen molar-refractivity contribution in [1.82, 2.24) is 0 Å². The van der Waals surface area contributed by atoms with Gasteiger partial charge < -0.3 is 14.6 Å². The van der Waals surface area contributed by atoms with Crippen molar-refractivity contribution in [1.29, 1.82) is 0 Å². The molecule has 4 nitrogen and oxygen atoms in total. The zero-order valence-corrected chi connectivity index (χ0v) is 9.54. The molecule has 1 unspecified atom stereocenters. The van der Waals surface area contributed by atoms with Gasteiger partial charge in [0.15, 0.2) is 0 Å². The normalized spacial score (nSPS) is 12.1. The monoisotopic (exact) mass is 236 g/mol. The number of hydrogen-bond donors (Lipinski definition) is 1. The van der Waals surface area contributed by atoms with E-state index in [1.54, 1.807) is 0 Å². The predicted octanol–water partition coefficient (Wildman–Crippen LogP) is 1.11. The summed E-state index contributed by atoms with van der Waals surface area (Å²) in [6, 6.07) is 9.65. The van der Waals surface area contributed by atoms with E-state index in [0.29, 0.717) is 19.5 Å². The molecule has 0 radical (unpaired) electrons. The Kier molecular flexibility index (Phi) is 6.14. The van der Waals surface area contributed by atoms with Gasteiger partial charge in [0, 0.05) is 12.8 Å². The fraction of sp³-hybridized carbons (Fsp3) is 0.385. The Morgan fingerprint density at radius 3 is 2.71 bits per heavy atom. The average molecular weight is 236 g/mol. The van der Waals surface area contributed by atoms with Crippen LogP contribution in [-0.2, 0) is 20.9 Å². The summed E-state index contributed by atoms with van der Waals surface area (Å²) in [5.74, 6) is -0.169. The van der Waals surface area contributed by atoms with Crippen LogP contribution in [0.4, 0.5) is 0 Å². The zero-order chi connectivity index (χ0) is 12.5. The Labute approximate surface area is 100 Å². The second kappa shape index (κ2) is 7.70. The number of ether oxygens (including phenoxy) is 1. The highest BCUT2D eigenvalue weighted by Gasteiger charge is 2.09. The first-order valence-corrected chi connectivity index (χ1v) is 5.49. The molecule has 0 heterocycles. The first-order valence-electron chi connectivity index (χ1n) is 5.49. The maximum atomic E-state index is 11.2. The molecule has 1 N–H and O–H groups in total. The number of Topliss-reactive ketones (excluding diaryl/α,β-unsaturated/α-hetero) is 1. The van der Waals surface area contributed by atoms with Gasteiger partial charge in [-0.15, -0.1) is 0 Å². The summed E-state index contributed by atoms with van der Waals surface area (Å²) in [7, 11) is 0. The van der Waals surface area contributed by atoms with E-state index < -0.39 is 6.10 Å². The molecular weight excluding hydrogens is 220 g/mol. The molecule has 17 heavy (non-hydrogen) atoms. The van der Waals surface area contributed by atoms with Crippen molar-refractivity contribution >= 4 is 12.1 Å². The molecule has 1 rings (SSSR count). The van der Waals surface area contributed by atoms with E-state index in [2.05, 4.69) is 0 Å². The van der Waals surface area contributed by atoms with Crippen LogP contribution in [0.25, 0.3) is 0 Å². The van der Waals surface area contributed by atoms with Gasteiger partial charge in [-0.05, 0) is 5.56 Å². The summed E-state index contributed by atoms with van der Waals surface area (Å²) in [6.45, 7) is 0.768. The maximum Gasteiger partial charge on any atom is 0.148 e. The van der Waals surface area contributed by atoms with Gasteiger partial charge in [-0.25, -0.2) is 0 Å². The number of ketones is 1. The lowest BCUT2D eigenvalue weighted by atomic mass is 10.1. The van der Waals surface area contributed by atoms with Crippen LogP contribution in [0, 0.1) is 0 Å². The van der Waals surface area contributed by atoms with E-state index in [1.807, 2.05) is 30.3 Å². The van der Waals surface area contributed by atoms with Crippen molar-refractivity contribution in [2.75, 3.05) is 6.61 Å². The van der Waals surface area contributed by atoms with Crippen molar-refractivity contribution in [3.8, 4) is 0 Å². The molecule has 0 aliphatic heterocycles. The Morgan fingerprint density at radius 1 is 1.35 bits per heavy atom. The van der Waals surface area contributed by atoms with Crippen LogP contribution in [0.1, 0.15) is 18.4 Å². The lowest BCUT2D eigenvalue weighted by Crippen LogP contribution is -2.15. The summed E-state index contributed by atoms with van der Waals surface area (Å²) in [5.41, 5.74) is 1.05. The number of carbonyl (C=O) groups excluding carboxylic acids is 2. The minimum Gasteiger partial charge on any atom is -0.385 e. The second-order valence-corrected chi connectivity index (χ2v) is 3.73. The Hall–Kier alpha value is -1.52. The van der Waals surface area contributed by atoms with Gasteiger partial charge in [-0.2, -0.15) is 0 Å². The average Bonchev–Trinajstić information content (AvgIpc) is 2.36. The summed E-state index contributed by atoms with van der Waals surface area (Å²) in [6.07, 6.45) is -0.727. The third-order valence-electron chi connectivity index (χ3n) is 2.23. The van der Waals surface area contributed by atoms with Crippen molar-refractivity contribution < 1.29 is 19.4 Å². The molecule has 1 aromatic carbocycles. The molecule has 0 fully saturated rings. The van der Waals surface area contributed by atoms with Crippen LogP contribution in [0.3, 0.4) is 0 Å². The van der Waals surface area contributed by atoms with Crippen LogP contribution in [0.2, 0.25) is 0 Å². The molecular formula is C13H16O4. The first kappa shape index (κ1) is 13.5. The predicted molar refractivity (Wildman–Crippen MR) is 62.4 cm³/mol. The lowest BCUT2D eigenvalue weighted by molar-refractivity contribution is -0.126. The van der Waals surface area contributed by atoms with Crippen molar-refractivity contribution in [3.05, 3.63) is 35.9 Å². The molecule has 4 heteroatoms. The topological polar surface area (TPSA) is 63.6 Å². The minimum absolute atomic E-state index is 0.127. The fourth-order valence-electron chi connectivity index (χ4n) is 1.33. The van der Waals surface area contributed by atoms with Crippen LogP contribution in [0.5, 0.6) is 0 Å². The van der Waals surface area contributed by atoms with Crippen molar-refractivity contribution in [2.24, 2.45) is 0 Å². The van der Waals surface area contributed by atoms with E-state index in [4.69, 9.17) is 9.84 Å². The van der Waals surface area contributed by atoms with E-state index in [0.717, 1.165) is 5.56 Å². The highest BCUT2D eigenvalue weighted by atomic mass is 16.5. The van der Waals surface area contributed by atoms with Gasteiger partial charge in [0.25, 0.3) is 0 Å². The zero-order valence-electron chi connectivity index (χ0n) is 9.54. The van der Waals surface area contributed by atoms with Gasteiger partial charge in [-0.1, -0.05) is 30.3 Å². The second-order valence-electron chi connectivity index (χ2n) is 3.73. The third kappa shape index (κ3) is 5.94. The van der Waals surface area contributed by atoms with E-state index >= 15 is 0 Å². The quantitative estimate of drug-likeness (QED) is 0.542. The molecule has 0 saturated carbocycles. The summed E-state index contributed by atoms with van der Waals surface area (Å²) in [4.78, 5) is 21.3. The number of aliphatic hydroxyl groups is 1. The molecule has 0 spiro atoms. The van der Waals surface area contributed by atoms with Gasteiger partial charge in [0.2, 0.25) is 0 Å². The van der Waals surface area contributed by atoms with Crippen LogP contribution >= 0.6 is 0 Å². The Bertz CT molecular complexity index is 348. The number of rotatable bonds is 8. The molecule has 1 aromatic rings. The summed E-state index contributed by atoms with van der Waals surface area (Å²) < 4.78 is 5.31. The molecule has 0 amide bonds.